The minimum atomic E-state index is -3.95. The third kappa shape index (κ3) is 7.09. The number of thiophene rings is 2. The van der Waals surface area contributed by atoms with Gasteiger partial charge in [0.15, 0.2) is 0 Å². The second-order valence-electron chi connectivity index (χ2n) is 9.76. The number of amides is 3. The number of likely N-dealkylation sites (tertiary alicyclic amines) is 2. The molecule has 2 N–H and O–H groups in total. The lowest BCUT2D eigenvalue weighted by Crippen LogP contribution is -2.55. The summed E-state index contributed by atoms with van der Waals surface area (Å²) in [5.41, 5.74) is 0.378. The van der Waals surface area contributed by atoms with E-state index < -0.39 is 22.0 Å². The smallest absolute Gasteiger partial charge is 0.251 e. The number of rotatable bonds is 9. The van der Waals surface area contributed by atoms with E-state index in [1.807, 2.05) is 6.07 Å². The van der Waals surface area contributed by atoms with Crippen LogP contribution in [0.1, 0.15) is 36.0 Å². The van der Waals surface area contributed by atoms with Gasteiger partial charge in [0.05, 0.1) is 10.9 Å². The molecule has 0 radical (unpaired) electrons. The molecule has 0 spiro atoms. The molecule has 5 rings (SSSR count). The Morgan fingerprint density at radius 1 is 1.02 bits per heavy atom. The van der Waals surface area contributed by atoms with E-state index in [0.717, 1.165) is 33.9 Å². The van der Waals surface area contributed by atoms with Crippen molar-refractivity contribution in [3.63, 3.8) is 0 Å². The van der Waals surface area contributed by atoms with Crippen LogP contribution in [0.2, 0.25) is 9.49 Å². The van der Waals surface area contributed by atoms with Crippen molar-refractivity contribution in [1.82, 2.24) is 24.8 Å². The largest absolute Gasteiger partial charge is 0.350 e. The molecule has 2 aliphatic rings. The average molecular weight is 657 g/mol. The zero-order valence-electron chi connectivity index (χ0n) is 21.7. The fourth-order valence-corrected chi connectivity index (χ4v) is 8.84. The predicted molar refractivity (Wildman–Crippen MR) is 159 cm³/mol. The van der Waals surface area contributed by atoms with Crippen molar-refractivity contribution in [3.8, 4) is 9.75 Å². The Hall–Kier alpha value is -2.55. The molecule has 3 aromatic heterocycles. The van der Waals surface area contributed by atoms with Gasteiger partial charge in [-0.25, -0.2) is 13.4 Å². The maximum absolute atomic E-state index is 13.2. The van der Waals surface area contributed by atoms with Gasteiger partial charge in [0.25, 0.3) is 15.9 Å². The molecule has 2 saturated heterocycles. The maximum Gasteiger partial charge on any atom is 0.251 e. The third-order valence-electron chi connectivity index (χ3n) is 7.00. The van der Waals surface area contributed by atoms with Crippen LogP contribution < -0.4 is 10.0 Å². The van der Waals surface area contributed by atoms with Gasteiger partial charge in [-0.05, 0) is 62.1 Å². The number of hydrogen-bond donors (Lipinski definition) is 2. The Kier molecular flexibility index (Phi) is 9.31. The van der Waals surface area contributed by atoms with Gasteiger partial charge in [0.2, 0.25) is 11.8 Å². The maximum atomic E-state index is 13.2. The first-order chi connectivity index (χ1) is 19.6. The number of aromatic nitrogens is 1. The standard InChI is InChI=1S/C26H27Cl2N5O5S3/c27-21-13-16(9-10-29-21)25(35)30-14-17-3-1-12-33(17)23(34)15-32-11-2-4-18(26(32)36)31-41(37,38)24-8-6-20(40-24)19-5-7-22(28)39-19/h5-10,13,17-18,31H,1-4,11-12,14-15H2,(H,30,35)/t17-,18?/m0/s1. The van der Waals surface area contributed by atoms with E-state index in [1.165, 1.54) is 34.6 Å². The number of piperidine rings is 1. The molecular weight excluding hydrogens is 629 g/mol. The van der Waals surface area contributed by atoms with Gasteiger partial charge in [-0.15, -0.1) is 22.7 Å². The van der Waals surface area contributed by atoms with Crippen molar-refractivity contribution in [2.24, 2.45) is 0 Å². The van der Waals surface area contributed by atoms with Crippen molar-refractivity contribution in [2.45, 2.75) is 42.0 Å². The zero-order valence-corrected chi connectivity index (χ0v) is 25.7. The number of nitrogens with zero attached hydrogens (tertiary/aromatic N) is 3. The first-order valence-electron chi connectivity index (χ1n) is 13.0. The van der Waals surface area contributed by atoms with Gasteiger partial charge in [0.1, 0.15) is 15.4 Å². The molecule has 3 amide bonds. The Morgan fingerprint density at radius 2 is 1.78 bits per heavy atom. The molecule has 1 unspecified atom stereocenters. The third-order valence-corrected chi connectivity index (χ3v) is 11.7. The van der Waals surface area contributed by atoms with Crippen molar-refractivity contribution in [1.29, 1.82) is 0 Å². The van der Waals surface area contributed by atoms with Gasteiger partial charge in [-0.1, -0.05) is 23.2 Å². The summed E-state index contributed by atoms with van der Waals surface area (Å²) >= 11 is 14.3. The van der Waals surface area contributed by atoms with E-state index in [0.29, 0.717) is 35.8 Å². The second-order valence-corrected chi connectivity index (χ2v) is 14.9. The number of pyridine rings is 1. The summed E-state index contributed by atoms with van der Waals surface area (Å²) in [6, 6.07) is 8.69. The lowest BCUT2D eigenvalue weighted by atomic mass is 10.1. The lowest BCUT2D eigenvalue weighted by molar-refractivity contribution is -0.143. The fourth-order valence-electron chi connectivity index (χ4n) is 4.98. The molecule has 2 fully saturated rings. The molecule has 0 aromatic carbocycles. The molecule has 2 atom stereocenters. The number of nitrogens with one attached hydrogen (secondary N) is 2. The molecular formula is C26H27Cl2N5O5S3. The summed E-state index contributed by atoms with van der Waals surface area (Å²) in [7, 11) is -3.95. The van der Waals surface area contributed by atoms with Gasteiger partial charge < -0.3 is 15.1 Å². The second kappa shape index (κ2) is 12.8. The molecule has 10 nitrogen and oxygen atoms in total. The van der Waals surface area contributed by atoms with Crippen molar-refractivity contribution >= 4 is 73.6 Å². The summed E-state index contributed by atoms with van der Waals surface area (Å²) < 4.78 is 29.5. The summed E-state index contributed by atoms with van der Waals surface area (Å²) in [6.07, 6.45) is 3.86. The summed E-state index contributed by atoms with van der Waals surface area (Å²) in [6.45, 7) is 1.00. The first-order valence-corrected chi connectivity index (χ1v) is 16.8. The normalized spacial score (nSPS) is 19.5. The van der Waals surface area contributed by atoms with E-state index in [9.17, 15) is 22.8 Å². The molecule has 218 valence electrons. The molecule has 2 aliphatic heterocycles. The fraction of sp³-hybridized carbons (Fsp3) is 0.385. The van der Waals surface area contributed by atoms with Crippen LogP contribution in [0.5, 0.6) is 0 Å². The van der Waals surface area contributed by atoms with Crippen LogP contribution in [-0.4, -0.2) is 79.2 Å². The quantitative estimate of drug-likeness (QED) is 0.337. The van der Waals surface area contributed by atoms with Gasteiger partial charge in [-0.2, -0.15) is 4.72 Å². The Bertz CT molecular complexity index is 1560. The highest BCUT2D eigenvalue weighted by molar-refractivity contribution is 7.91. The van der Waals surface area contributed by atoms with E-state index in [2.05, 4.69) is 15.0 Å². The van der Waals surface area contributed by atoms with Crippen LogP contribution >= 0.6 is 45.9 Å². The monoisotopic (exact) mass is 655 g/mol. The van der Waals surface area contributed by atoms with E-state index in [1.54, 1.807) is 23.1 Å². The van der Waals surface area contributed by atoms with Crippen molar-refractivity contribution in [3.05, 3.63) is 57.6 Å². The topological polar surface area (TPSA) is 129 Å². The van der Waals surface area contributed by atoms with Crippen LogP contribution in [-0.2, 0) is 19.6 Å². The highest BCUT2D eigenvalue weighted by Gasteiger charge is 2.36. The average Bonchev–Trinajstić information content (AvgIpc) is 3.70. The van der Waals surface area contributed by atoms with Crippen LogP contribution in [0.15, 0.2) is 46.8 Å². The van der Waals surface area contributed by atoms with E-state index >= 15 is 0 Å². The summed E-state index contributed by atoms with van der Waals surface area (Å²) in [5.74, 6) is -0.969. The van der Waals surface area contributed by atoms with Gasteiger partial charge >= 0.3 is 0 Å². The number of halogens is 2. The number of carbonyl (C=O) groups is 3. The molecule has 0 aliphatic carbocycles. The molecule has 5 heterocycles. The summed E-state index contributed by atoms with van der Waals surface area (Å²) in [5, 5.41) is 3.06. The number of hydrogen-bond acceptors (Lipinski definition) is 8. The van der Waals surface area contributed by atoms with Crippen LogP contribution in [0.3, 0.4) is 0 Å². The van der Waals surface area contributed by atoms with E-state index in [-0.39, 0.29) is 40.3 Å². The Labute approximate surface area is 255 Å². The van der Waals surface area contributed by atoms with Crippen molar-refractivity contribution < 1.29 is 22.8 Å². The first kappa shape index (κ1) is 29.9. The van der Waals surface area contributed by atoms with Crippen LogP contribution in [0, 0.1) is 0 Å². The Balaban J connectivity index is 1.17. The van der Waals surface area contributed by atoms with Crippen molar-refractivity contribution in [2.75, 3.05) is 26.2 Å². The molecule has 0 bridgehead atoms. The predicted octanol–water partition coefficient (Wildman–Crippen LogP) is 3.87. The highest BCUT2D eigenvalue weighted by Crippen LogP contribution is 2.37. The van der Waals surface area contributed by atoms with Gasteiger partial charge in [-0.3, -0.25) is 14.4 Å². The van der Waals surface area contributed by atoms with Crippen LogP contribution in [0.25, 0.3) is 9.75 Å². The molecule has 3 aromatic rings. The summed E-state index contributed by atoms with van der Waals surface area (Å²) in [4.78, 5) is 47.6. The molecule has 0 saturated carbocycles. The van der Waals surface area contributed by atoms with Crippen LogP contribution in [0.4, 0.5) is 0 Å². The lowest BCUT2D eigenvalue weighted by Gasteiger charge is -2.34. The molecule has 15 heteroatoms. The van der Waals surface area contributed by atoms with Gasteiger partial charge in [0, 0.05) is 47.2 Å². The number of carbonyl (C=O) groups excluding carboxylic acids is 3. The minimum Gasteiger partial charge on any atom is -0.350 e. The minimum absolute atomic E-state index is 0.106. The molecule has 41 heavy (non-hydrogen) atoms. The highest BCUT2D eigenvalue weighted by atomic mass is 35.5. The Morgan fingerprint density at radius 3 is 2.54 bits per heavy atom. The zero-order chi connectivity index (χ0) is 29.1. The number of sulfonamides is 1. The van der Waals surface area contributed by atoms with E-state index in [4.69, 9.17) is 23.2 Å². The SMILES string of the molecule is O=C(NC[C@@H]1CCCN1C(=O)CN1CCCC(NS(=O)(=O)c2ccc(-c3ccc(Cl)s3)s2)C1=O)c1ccnc(Cl)c1.